The van der Waals surface area contributed by atoms with E-state index in [1.165, 1.54) is 13.8 Å². The number of aromatic nitrogens is 4. The summed E-state index contributed by atoms with van der Waals surface area (Å²) in [4.78, 5) is 108. The molecule has 1 aliphatic heterocycles. The molecule has 334 valence electrons. The van der Waals surface area contributed by atoms with Gasteiger partial charge in [-0.1, -0.05) is 45.9 Å². The smallest absolute Gasteiger partial charge is 0.274 e. The summed E-state index contributed by atoms with van der Waals surface area (Å²) in [6.45, 7) is 4.00. The minimum Gasteiger partial charge on any atom is -0.790 e. The third kappa shape index (κ3) is 16.6. The molecule has 3 rings (SSSR count). The monoisotopic (exact) mass is 917 g/mol. The molecule has 2 unspecified atom stereocenters. The van der Waals surface area contributed by atoms with Gasteiger partial charge in [0.25, 0.3) is 15.6 Å². The number of anilines is 1. The van der Waals surface area contributed by atoms with Gasteiger partial charge < -0.3 is 69.0 Å². The highest BCUT2D eigenvalue weighted by atomic mass is 32.2. The summed E-state index contributed by atoms with van der Waals surface area (Å²) in [5, 5.41) is 25.9. The Balaban J connectivity index is 1.44. The van der Waals surface area contributed by atoms with Crippen molar-refractivity contribution < 1.29 is 85.3 Å². The summed E-state index contributed by atoms with van der Waals surface area (Å²) in [6.07, 6.45) is -5.96. The number of nitrogens with one attached hydrogen (secondary N) is 2. The minimum absolute atomic E-state index is 0.0271. The van der Waals surface area contributed by atoms with Crippen molar-refractivity contribution in [1.82, 2.24) is 30.2 Å². The van der Waals surface area contributed by atoms with Gasteiger partial charge in [-0.3, -0.25) is 32.9 Å². The molecule has 59 heavy (non-hydrogen) atoms. The van der Waals surface area contributed by atoms with Crippen LogP contribution in [0.4, 0.5) is 5.82 Å². The summed E-state index contributed by atoms with van der Waals surface area (Å²) < 4.78 is 60.5. The maximum Gasteiger partial charge on any atom is 0.274 e. The van der Waals surface area contributed by atoms with Gasteiger partial charge in [-0.2, -0.15) is 0 Å². The second-order valence-electron chi connectivity index (χ2n) is 14.2. The first-order chi connectivity index (χ1) is 27.3. The number of ether oxygens (including phenoxy) is 1. The number of hydrogen-bond donors (Lipinski definition) is 5. The number of rotatable bonds is 25. The second kappa shape index (κ2) is 21.8. The maximum atomic E-state index is 12.5. The van der Waals surface area contributed by atoms with Crippen LogP contribution in [0.15, 0.2) is 12.7 Å². The molecule has 1 aliphatic rings. The molecule has 0 aliphatic carbocycles. The van der Waals surface area contributed by atoms with Crippen LogP contribution in [0.1, 0.15) is 66.0 Å². The number of carbonyl (C=O) groups is 4. The van der Waals surface area contributed by atoms with Gasteiger partial charge in [0.1, 0.15) is 42.0 Å². The Morgan fingerprint density at radius 1 is 1.03 bits per heavy atom. The molecule has 0 spiro atoms. The molecule has 2 aromatic heterocycles. The number of amides is 2. The molecule has 29 heteroatoms. The highest BCUT2D eigenvalue weighted by Gasteiger charge is 2.47. The summed E-state index contributed by atoms with van der Waals surface area (Å²) in [5.41, 5.74) is 4.04. The maximum absolute atomic E-state index is 12.5. The zero-order valence-electron chi connectivity index (χ0n) is 32.2. The average molecular weight is 918 g/mol. The summed E-state index contributed by atoms with van der Waals surface area (Å²) in [5.74, 6) is -1.10. The van der Waals surface area contributed by atoms with E-state index in [9.17, 15) is 62.7 Å². The Bertz CT molecular complexity index is 1930. The van der Waals surface area contributed by atoms with Crippen molar-refractivity contribution in [3.8, 4) is 0 Å². The first kappa shape index (κ1) is 50.6. The predicted molar refractivity (Wildman–Crippen MR) is 197 cm³/mol. The fraction of sp³-hybridized carbons (Fsp3) is 0.700. The zero-order valence-corrected chi connectivity index (χ0v) is 35.7. The first-order valence-electron chi connectivity index (χ1n) is 17.8. The van der Waals surface area contributed by atoms with Crippen LogP contribution in [0.25, 0.3) is 11.2 Å². The lowest BCUT2D eigenvalue weighted by atomic mass is 9.87. The van der Waals surface area contributed by atoms with Gasteiger partial charge in [-0.25, -0.2) is 19.3 Å². The van der Waals surface area contributed by atoms with E-state index in [0.717, 1.165) is 35.4 Å². The first-order valence-corrected chi connectivity index (χ1v) is 23.2. The van der Waals surface area contributed by atoms with Gasteiger partial charge in [-0.05, 0) is 12.3 Å². The van der Waals surface area contributed by atoms with Crippen molar-refractivity contribution in [3.63, 3.8) is 0 Å². The third-order valence-corrected chi connectivity index (χ3v) is 12.2. The quantitative estimate of drug-likeness (QED) is 0.0405. The molecule has 0 aromatic carbocycles. The van der Waals surface area contributed by atoms with Crippen LogP contribution in [0.5, 0.6) is 0 Å². The Labute approximate surface area is 341 Å². The van der Waals surface area contributed by atoms with Crippen molar-refractivity contribution in [2.24, 2.45) is 11.3 Å². The molecule has 0 saturated carbocycles. The molecule has 1 saturated heterocycles. The highest BCUT2D eigenvalue weighted by molar-refractivity contribution is 8.13. The summed E-state index contributed by atoms with van der Waals surface area (Å²) >= 11 is 0.906. The SMILES string of the molecule is CC(C)CCCC(=O)CC(=O)SCCNC(=O)CCNC(=O)[C@H](O)C(C)(C)COP(=O)([O-])OP(=O)([O-])OC[C@H]1O[C@@H](n2cnc3c(N)ncnc32)[C@H](O)[C@@H]1OP(=O)([O-])[O-]. The molecule has 7 atom stereocenters. The van der Waals surface area contributed by atoms with Crippen molar-refractivity contribution in [1.29, 1.82) is 0 Å². The number of aliphatic hydroxyl groups excluding tert-OH is 2. The molecule has 3 heterocycles. The number of Topliss-reactive ketones (excluding diaryl/α,β-unsaturated/α-hetero) is 1. The number of fused-ring (bicyclic) bond motifs is 1. The Morgan fingerprint density at radius 2 is 1.71 bits per heavy atom. The Kier molecular flexibility index (Phi) is 18.7. The van der Waals surface area contributed by atoms with E-state index in [-0.39, 0.29) is 59.6 Å². The Hall–Kier alpha value is -2.77. The lowest BCUT2D eigenvalue weighted by molar-refractivity contribution is -0.347. The largest absolute Gasteiger partial charge is 0.790 e. The predicted octanol–water partition coefficient (Wildman–Crippen LogP) is -2.08. The zero-order chi connectivity index (χ0) is 44.3. The fourth-order valence-electron chi connectivity index (χ4n) is 5.28. The van der Waals surface area contributed by atoms with Crippen LogP contribution in [-0.4, -0.2) is 109 Å². The van der Waals surface area contributed by atoms with Crippen LogP contribution >= 0.6 is 35.2 Å². The molecule has 25 nitrogen and oxygen atoms in total. The van der Waals surface area contributed by atoms with Gasteiger partial charge in [0.2, 0.25) is 11.8 Å². The number of hydrogen-bond acceptors (Lipinski definition) is 23. The summed E-state index contributed by atoms with van der Waals surface area (Å²) in [7, 11) is -17.6. The second-order valence-corrected chi connectivity index (χ2v) is 19.4. The normalized spacial score (nSPS) is 21.2. The molecule has 0 radical (unpaired) electrons. The standard InChI is InChI=1S/C30H50N7O18P3S/c1-17(2)6-5-7-18(38)12-21(40)59-11-10-32-20(39)8-9-33-28(43)25(42)30(3,4)14-52-58(49,50)55-57(47,48)51-13-19-24(54-56(44,45)46)23(41)29(53-19)37-16-36-22-26(31)34-15-35-27(22)37/h15-17,19,23-25,29,41-42H,5-14H2,1-4H3,(H,32,39)(H,33,43)(H,47,48)(H,49,50)(H2,31,34,35)(H2,44,45,46)/p-4/t19-,23-,24-,25+,29-/m1/s1. The average Bonchev–Trinajstić information content (AvgIpc) is 3.67. The molecular formula is C30H46N7O18P3S-4. The lowest BCUT2D eigenvalue weighted by Crippen LogP contribution is -2.46. The van der Waals surface area contributed by atoms with Crippen LogP contribution in [-0.2, 0) is 55.5 Å². The van der Waals surface area contributed by atoms with E-state index in [2.05, 4.69) is 43.5 Å². The van der Waals surface area contributed by atoms with E-state index in [4.69, 9.17) is 10.5 Å². The molecule has 0 bridgehead atoms. The van der Waals surface area contributed by atoms with E-state index >= 15 is 0 Å². The van der Waals surface area contributed by atoms with Crippen molar-refractivity contribution in [3.05, 3.63) is 12.7 Å². The molecule has 6 N–H and O–H groups in total. The van der Waals surface area contributed by atoms with Crippen LogP contribution in [0.3, 0.4) is 0 Å². The summed E-state index contributed by atoms with van der Waals surface area (Å²) in [6, 6.07) is 0. The molecule has 1 fully saturated rings. The number of aliphatic hydroxyl groups is 2. The number of phosphoric acid groups is 3. The third-order valence-electron chi connectivity index (χ3n) is 8.32. The van der Waals surface area contributed by atoms with Crippen LogP contribution < -0.4 is 35.9 Å². The fourth-order valence-corrected chi connectivity index (χ4v) is 8.71. The van der Waals surface area contributed by atoms with E-state index < -0.39 is 84.6 Å². The number of ketones is 1. The Morgan fingerprint density at radius 3 is 2.37 bits per heavy atom. The van der Waals surface area contributed by atoms with E-state index in [0.29, 0.717) is 18.8 Å². The number of imidazole rings is 1. The molecule has 2 amide bonds. The van der Waals surface area contributed by atoms with Crippen molar-refractivity contribution in [2.75, 3.05) is 37.8 Å². The number of nitrogens with zero attached hydrogens (tertiary/aromatic N) is 4. The molecular weight excluding hydrogens is 871 g/mol. The molecule has 2 aromatic rings. The number of nitrogen functional groups attached to an aromatic ring is 1. The van der Waals surface area contributed by atoms with Crippen molar-refractivity contribution >= 4 is 74.9 Å². The number of phosphoric ester groups is 3. The topological polar surface area (TPSA) is 392 Å². The van der Waals surface area contributed by atoms with Crippen LogP contribution in [0, 0.1) is 11.3 Å². The van der Waals surface area contributed by atoms with Gasteiger partial charge in [0.15, 0.2) is 22.8 Å². The van der Waals surface area contributed by atoms with Crippen LogP contribution in [0.2, 0.25) is 0 Å². The highest BCUT2D eigenvalue weighted by Crippen LogP contribution is 2.56. The van der Waals surface area contributed by atoms with Crippen molar-refractivity contribution in [2.45, 2.75) is 90.4 Å². The minimum atomic E-state index is -5.93. The number of carbonyl (C=O) groups excluding carboxylic acids is 4. The number of nitrogens with two attached hydrogens (primary N) is 1. The lowest BCUT2D eigenvalue weighted by Gasteiger charge is -2.36. The van der Waals surface area contributed by atoms with E-state index in [1.54, 1.807) is 0 Å². The number of thioether (sulfide) groups is 1. The van der Waals surface area contributed by atoms with Gasteiger partial charge in [-0.15, -0.1) is 0 Å². The van der Waals surface area contributed by atoms with Gasteiger partial charge in [0, 0.05) is 37.1 Å². The van der Waals surface area contributed by atoms with Gasteiger partial charge >= 0.3 is 0 Å². The van der Waals surface area contributed by atoms with Gasteiger partial charge in [0.05, 0.1) is 33.8 Å². The van der Waals surface area contributed by atoms with E-state index in [1.807, 2.05) is 13.8 Å².